The molecule has 1 aromatic carbocycles. The van der Waals surface area contributed by atoms with Gasteiger partial charge in [-0.3, -0.25) is 0 Å². The Balaban J connectivity index is 2.42. The first kappa shape index (κ1) is 17.1. The number of benzene rings is 1. The minimum absolute atomic E-state index is 0.0114. The van der Waals surface area contributed by atoms with Gasteiger partial charge in [0.05, 0.1) is 5.57 Å². The summed E-state index contributed by atoms with van der Waals surface area (Å²) in [7, 11) is 0. The van der Waals surface area contributed by atoms with Crippen LogP contribution in [0.5, 0.6) is 5.75 Å². The Labute approximate surface area is 134 Å². The molecule has 0 radical (unpaired) electrons. The third-order valence-corrected chi connectivity index (χ3v) is 3.18. The molecule has 0 aliphatic carbocycles. The van der Waals surface area contributed by atoms with Gasteiger partial charge in [-0.2, -0.15) is 13.2 Å². The maximum Gasteiger partial charge on any atom is 0.430 e. The second-order valence-electron chi connectivity index (χ2n) is 4.59. The van der Waals surface area contributed by atoms with Crippen LogP contribution in [0.4, 0.5) is 13.2 Å². The summed E-state index contributed by atoms with van der Waals surface area (Å²) >= 11 is 5.88. The molecular formula is C14H11ClF3NO4. The van der Waals surface area contributed by atoms with E-state index in [2.05, 4.69) is 21.4 Å². The average molecular weight is 350 g/mol. The fourth-order valence-electron chi connectivity index (χ4n) is 2.06. The van der Waals surface area contributed by atoms with Crippen LogP contribution >= 0.6 is 11.6 Å². The Hall–Kier alpha value is -2.22. The third-order valence-electron chi connectivity index (χ3n) is 2.96. The van der Waals surface area contributed by atoms with Gasteiger partial charge in [0.25, 0.3) is 6.79 Å². The summed E-state index contributed by atoms with van der Waals surface area (Å²) in [6, 6.07) is 2.86. The van der Waals surface area contributed by atoms with Crippen LogP contribution in [0.15, 0.2) is 22.9 Å². The lowest BCUT2D eigenvalue weighted by Crippen LogP contribution is -2.41. The van der Waals surface area contributed by atoms with Crippen molar-refractivity contribution >= 4 is 30.4 Å². The van der Waals surface area contributed by atoms with Gasteiger partial charge in [0.15, 0.2) is 0 Å². The van der Waals surface area contributed by atoms with Gasteiger partial charge in [-0.15, -0.1) is 0 Å². The minimum Gasteiger partial charge on any atom is -0.475 e. The first-order chi connectivity index (χ1) is 10.7. The minimum atomic E-state index is -4.80. The van der Waals surface area contributed by atoms with Crippen LogP contribution in [0, 0.1) is 6.92 Å². The number of halogens is 4. The lowest BCUT2D eigenvalue weighted by atomic mass is 9.99. The van der Waals surface area contributed by atoms with Gasteiger partial charge < -0.3 is 14.3 Å². The van der Waals surface area contributed by atoms with E-state index >= 15 is 0 Å². The zero-order valence-electron chi connectivity index (χ0n) is 11.8. The summed E-state index contributed by atoms with van der Waals surface area (Å²) in [6.07, 6.45) is -6.20. The molecule has 2 rings (SSSR count). The fourth-order valence-corrected chi connectivity index (χ4v) is 2.34. The monoisotopic (exact) mass is 349 g/mol. The highest BCUT2D eigenvalue weighted by Gasteiger charge is 2.49. The number of carbonyl (C=O) groups is 1. The molecule has 1 atom stereocenters. The van der Waals surface area contributed by atoms with Crippen LogP contribution in [0.1, 0.15) is 11.1 Å². The SMILES string of the molecule is C=NOCOC(=O)C1=Cc2cc(Cl)cc(C)c2O[C@@H]1C(F)(F)F. The first-order valence-corrected chi connectivity index (χ1v) is 6.62. The number of hydrogen-bond donors (Lipinski definition) is 0. The average Bonchev–Trinajstić information content (AvgIpc) is 2.45. The molecule has 5 nitrogen and oxygen atoms in total. The summed E-state index contributed by atoms with van der Waals surface area (Å²) < 4.78 is 49.1. The van der Waals surface area contributed by atoms with E-state index in [-0.39, 0.29) is 11.3 Å². The molecule has 0 N–H and O–H groups in total. The van der Waals surface area contributed by atoms with Gasteiger partial charge in [-0.05, 0) is 30.7 Å². The molecule has 1 aromatic rings. The van der Waals surface area contributed by atoms with Crippen LogP contribution in [0.3, 0.4) is 0 Å². The summed E-state index contributed by atoms with van der Waals surface area (Å²) in [5, 5.41) is 3.27. The summed E-state index contributed by atoms with van der Waals surface area (Å²) in [5.74, 6) is -1.23. The summed E-state index contributed by atoms with van der Waals surface area (Å²) in [4.78, 5) is 16.2. The van der Waals surface area contributed by atoms with Crippen LogP contribution in [0.25, 0.3) is 6.08 Å². The molecule has 0 fully saturated rings. The number of carbonyl (C=O) groups excluding carboxylic acids is 1. The van der Waals surface area contributed by atoms with Crippen molar-refractivity contribution in [2.24, 2.45) is 5.16 Å². The van der Waals surface area contributed by atoms with E-state index in [0.717, 1.165) is 6.08 Å². The van der Waals surface area contributed by atoms with Crippen LogP contribution in [0.2, 0.25) is 5.02 Å². The molecule has 0 unspecified atom stereocenters. The van der Waals surface area contributed by atoms with Crippen LogP contribution in [-0.2, 0) is 14.4 Å². The zero-order valence-corrected chi connectivity index (χ0v) is 12.6. The first-order valence-electron chi connectivity index (χ1n) is 6.24. The predicted octanol–water partition coefficient (Wildman–Crippen LogP) is 3.49. The van der Waals surface area contributed by atoms with Crippen molar-refractivity contribution in [3.05, 3.63) is 33.9 Å². The van der Waals surface area contributed by atoms with E-state index in [4.69, 9.17) is 16.3 Å². The molecule has 0 bridgehead atoms. The molecule has 0 spiro atoms. The number of esters is 1. The maximum absolute atomic E-state index is 13.2. The molecule has 1 aliphatic heterocycles. The number of oxime groups is 1. The number of nitrogens with zero attached hydrogens (tertiary/aromatic N) is 1. The Bertz CT molecular complexity index is 673. The molecule has 9 heteroatoms. The highest BCUT2D eigenvalue weighted by molar-refractivity contribution is 6.30. The molecule has 0 saturated heterocycles. The van der Waals surface area contributed by atoms with E-state index in [9.17, 15) is 18.0 Å². The normalized spacial score (nSPS) is 16.7. The Morgan fingerprint density at radius 3 is 2.78 bits per heavy atom. The molecule has 0 saturated carbocycles. The molecule has 1 aliphatic rings. The zero-order chi connectivity index (χ0) is 17.2. The number of rotatable bonds is 4. The van der Waals surface area contributed by atoms with E-state index in [1.54, 1.807) is 6.92 Å². The van der Waals surface area contributed by atoms with E-state index in [0.29, 0.717) is 10.6 Å². The smallest absolute Gasteiger partial charge is 0.430 e. The van der Waals surface area contributed by atoms with E-state index < -0.39 is 30.6 Å². The number of ether oxygens (including phenoxy) is 2. The fraction of sp³-hybridized carbons (Fsp3) is 0.286. The number of alkyl halides is 3. The Morgan fingerprint density at radius 2 is 2.17 bits per heavy atom. The van der Waals surface area contributed by atoms with Crippen molar-refractivity contribution in [2.75, 3.05) is 6.79 Å². The highest BCUT2D eigenvalue weighted by atomic mass is 35.5. The van der Waals surface area contributed by atoms with Crippen molar-refractivity contribution in [1.29, 1.82) is 0 Å². The van der Waals surface area contributed by atoms with Crippen molar-refractivity contribution < 1.29 is 32.3 Å². The Morgan fingerprint density at radius 1 is 1.48 bits per heavy atom. The van der Waals surface area contributed by atoms with Gasteiger partial charge in [0.2, 0.25) is 6.10 Å². The predicted molar refractivity (Wildman–Crippen MR) is 76.2 cm³/mol. The van der Waals surface area contributed by atoms with Crippen molar-refractivity contribution in [1.82, 2.24) is 0 Å². The third kappa shape index (κ3) is 3.76. The topological polar surface area (TPSA) is 57.1 Å². The molecule has 124 valence electrons. The van der Waals surface area contributed by atoms with Gasteiger partial charge >= 0.3 is 12.1 Å². The molecule has 23 heavy (non-hydrogen) atoms. The van der Waals surface area contributed by atoms with Crippen molar-refractivity contribution in [3.8, 4) is 5.75 Å². The number of hydrogen-bond acceptors (Lipinski definition) is 5. The second-order valence-corrected chi connectivity index (χ2v) is 5.02. The molecule has 0 amide bonds. The van der Waals surface area contributed by atoms with E-state index in [1.165, 1.54) is 12.1 Å². The maximum atomic E-state index is 13.2. The van der Waals surface area contributed by atoms with Crippen molar-refractivity contribution in [2.45, 2.75) is 19.2 Å². The van der Waals surface area contributed by atoms with E-state index in [1.807, 2.05) is 0 Å². The quantitative estimate of drug-likeness (QED) is 0.274. The van der Waals surface area contributed by atoms with Crippen molar-refractivity contribution in [3.63, 3.8) is 0 Å². The van der Waals surface area contributed by atoms with Gasteiger partial charge in [-0.1, -0.05) is 16.8 Å². The molecule has 1 heterocycles. The highest BCUT2D eigenvalue weighted by Crippen LogP contribution is 2.40. The number of aryl methyl sites for hydroxylation is 1. The molecule has 0 aromatic heterocycles. The summed E-state index contributed by atoms with van der Waals surface area (Å²) in [6.45, 7) is 3.87. The lowest BCUT2D eigenvalue weighted by Gasteiger charge is -2.28. The second kappa shape index (κ2) is 6.49. The van der Waals surface area contributed by atoms with Gasteiger partial charge in [-0.25, -0.2) is 4.79 Å². The standard InChI is InChI=1S/C14H11ClF3NO4/c1-7-3-9(15)4-8-5-10(13(20)21-6-22-19-2)12(14(16,17)18)23-11(7)8/h3-5,12H,2,6H2,1H3/t12-/m0/s1. The Kier molecular flexibility index (Phi) is 4.84. The lowest BCUT2D eigenvalue weighted by molar-refractivity contribution is -0.190. The number of fused-ring (bicyclic) bond motifs is 1. The van der Waals surface area contributed by atoms with Gasteiger partial charge in [0.1, 0.15) is 5.75 Å². The van der Waals surface area contributed by atoms with Crippen LogP contribution in [-0.4, -0.2) is 31.8 Å². The largest absolute Gasteiger partial charge is 0.475 e. The van der Waals surface area contributed by atoms with Gasteiger partial charge in [0, 0.05) is 17.3 Å². The van der Waals surface area contributed by atoms with Crippen LogP contribution < -0.4 is 4.74 Å². The summed E-state index contributed by atoms with van der Waals surface area (Å²) in [5.41, 5.74) is -0.0332. The molecular weight excluding hydrogens is 339 g/mol.